The monoisotopic (exact) mass is 378 g/mol. The smallest absolute Gasteiger partial charge is 0.410 e. The van der Waals surface area contributed by atoms with E-state index in [1.807, 2.05) is 54.6 Å². The number of aromatic nitrogens is 1. The summed E-state index contributed by atoms with van der Waals surface area (Å²) >= 11 is 0. The molecule has 0 bridgehead atoms. The SMILES string of the molecule is COc1ccc2c(ccn2C(=O)[C@@H]2CCCN2C(=O)OCc2ccccc2)c1. The molecule has 144 valence electrons. The molecular formula is C22H22N2O4. The molecule has 3 aromatic rings. The van der Waals surface area contributed by atoms with Gasteiger partial charge in [0.15, 0.2) is 0 Å². The lowest BCUT2D eigenvalue weighted by molar-refractivity contribution is 0.0679. The molecule has 1 saturated heterocycles. The molecule has 1 aliphatic heterocycles. The fraction of sp³-hybridized carbons (Fsp3) is 0.273. The van der Waals surface area contributed by atoms with Crippen LogP contribution in [0, 0.1) is 0 Å². The molecule has 1 fully saturated rings. The number of benzene rings is 2. The van der Waals surface area contributed by atoms with Crippen molar-refractivity contribution >= 4 is 22.9 Å². The molecule has 6 heteroatoms. The fourth-order valence-corrected chi connectivity index (χ4v) is 3.64. The molecule has 28 heavy (non-hydrogen) atoms. The Labute approximate surface area is 163 Å². The Morgan fingerprint density at radius 3 is 2.71 bits per heavy atom. The van der Waals surface area contributed by atoms with E-state index < -0.39 is 12.1 Å². The molecule has 0 N–H and O–H groups in total. The molecule has 0 unspecified atom stereocenters. The molecule has 2 heterocycles. The topological polar surface area (TPSA) is 60.8 Å². The van der Waals surface area contributed by atoms with E-state index in [0.717, 1.165) is 28.6 Å². The molecule has 0 radical (unpaired) electrons. The van der Waals surface area contributed by atoms with Gasteiger partial charge in [-0.3, -0.25) is 14.3 Å². The number of fused-ring (bicyclic) bond motifs is 1. The summed E-state index contributed by atoms with van der Waals surface area (Å²) in [6.07, 6.45) is 2.72. The van der Waals surface area contributed by atoms with Crippen LogP contribution in [-0.4, -0.2) is 41.2 Å². The number of rotatable bonds is 4. The summed E-state index contributed by atoms with van der Waals surface area (Å²) in [6, 6.07) is 16.5. The number of likely N-dealkylation sites (tertiary alicyclic amines) is 1. The summed E-state index contributed by atoms with van der Waals surface area (Å²) in [5.41, 5.74) is 1.72. The highest BCUT2D eigenvalue weighted by molar-refractivity contribution is 5.96. The first-order valence-electron chi connectivity index (χ1n) is 9.34. The summed E-state index contributed by atoms with van der Waals surface area (Å²) in [7, 11) is 1.61. The van der Waals surface area contributed by atoms with Gasteiger partial charge in [0.05, 0.1) is 12.6 Å². The maximum Gasteiger partial charge on any atom is 0.410 e. The van der Waals surface area contributed by atoms with Crippen molar-refractivity contribution in [2.75, 3.05) is 13.7 Å². The Hall–Kier alpha value is -3.28. The van der Waals surface area contributed by atoms with Crippen LogP contribution in [-0.2, 0) is 11.3 Å². The minimum atomic E-state index is -0.513. The quantitative estimate of drug-likeness (QED) is 0.686. The first kappa shape index (κ1) is 18.1. The Balaban J connectivity index is 1.50. The number of methoxy groups -OCH3 is 1. The number of carbonyl (C=O) groups excluding carboxylic acids is 2. The predicted molar refractivity (Wildman–Crippen MR) is 105 cm³/mol. The van der Waals surface area contributed by atoms with E-state index in [4.69, 9.17) is 9.47 Å². The predicted octanol–water partition coefficient (Wildman–Crippen LogP) is 4.09. The van der Waals surface area contributed by atoms with E-state index in [1.54, 1.807) is 22.8 Å². The number of hydrogen-bond acceptors (Lipinski definition) is 4. The minimum absolute atomic E-state index is 0.116. The third kappa shape index (κ3) is 3.45. The van der Waals surface area contributed by atoms with Gasteiger partial charge in [0, 0.05) is 18.1 Å². The van der Waals surface area contributed by atoms with Gasteiger partial charge in [0.1, 0.15) is 18.4 Å². The molecule has 0 spiro atoms. The van der Waals surface area contributed by atoms with E-state index in [2.05, 4.69) is 0 Å². The molecule has 0 saturated carbocycles. The summed E-state index contributed by atoms with van der Waals surface area (Å²) in [6.45, 7) is 0.723. The van der Waals surface area contributed by atoms with Crippen LogP contribution in [0.5, 0.6) is 5.75 Å². The van der Waals surface area contributed by atoms with Gasteiger partial charge < -0.3 is 9.47 Å². The van der Waals surface area contributed by atoms with Crippen molar-refractivity contribution in [2.24, 2.45) is 0 Å². The van der Waals surface area contributed by atoms with Crippen molar-refractivity contribution in [2.45, 2.75) is 25.5 Å². The van der Waals surface area contributed by atoms with Crippen LogP contribution in [0.15, 0.2) is 60.8 Å². The van der Waals surface area contributed by atoms with Gasteiger partial charge in [-0.05, 0) is 42.7 Å². The molecule has 1 amide bonds. The van der Waals surface area contributed by atoms with Crippen LogP contribution in [0.1, 0.15) is 23.2 Å². The summed E-state index contributed by atoms with van der Waals surface area (Å²) < 4.78 is 12.3. The van der Waals surface area contributed by atoms with Gasteiger partial charge >= 0.3 is 6.09 Å². The Kier molecular flexibility index (Phi) is 5.02. The number of amides is 1. The highest BCUT2D eigenvalue weighted by Gasteiger charge is 2.36. The van der Waals surface area contributed by atoms with Crippen molar-refractivity contribution in [3.8, 4) is 5.75 Å². The lowest BCUT2D eigenvalue weighted by Crippen LogP contribution is -2.42. The van der Waals surface area contributed by atoms with Gasteiger partial charge in [-0.2, -0.15) is 0 Å². The van der Waals surface area contributed by atoms with E-state index in [-0.39, 0.29) is 12.5 Å². The molecule has 1 aliphatic rings. The number of carbonyl (C=O) groups is 2. The van der Waals surface area contributed by atoms with Crippen LogP contribution in [0.3, 0.4) is 0 Å². The second-order valence-electron chi connectivity index (χ2n) is 6.84. The second-order valence-corrected chi connectivity index (χ2v) is 6.84. The molecule has 2 aromatic carbocycles. The van der Waals surface area contributed by atoms with Crippen molar-refractivity contribution in [1.82, 2.24) is 9.47 Å². The van der Waals surface area contributed by atoms with Gasteiger partial charge in [0.25, 0.3) is 5.91 Å². The average Bonchev–Trinajstić information content (AvgIpc) is 3.39. The van der Waals surface area contributed by atoms with Gasteiger partial charge in [-0.25, -0.2) is 4.79 Å². The minimum Gasteiger partial charge on any atom is -0.497 e. The maximum atomic E-state index is 13.1. The van der Waals surface area contributed by atoms with Crippen molar-refractivity contribution in [3.63, 3.8) is 0 Å². The molecule has 6 nitrogen and oxygen atoms in total. The first-order valence-corrected chi connectivity index (χ1v) is 9.34. The van der Waals surface area contributed by atoms with Crippen LogP contribution >= 0.6 is 0 Å². The summed E-state index contributed by atoms with van der Waals surface area (Å²) in [5, 5.41) is 0.920. The number of hydrogen-bond donors (Lipinski definition) is 0. The van der Waals surface area contributed by atoms with E-state index >= 15 is 0 Å². The largest absolute Gasteiger partial charge is 0.497 e. The first-order chi connectivity index (χ1) is 13.7. The second kappa shape index (κ2) is 7.76. The van der Waals surface area contributed by atoms with Crippen molar-refractivity contribution < 1.29 is 19.1 Å². The maximum absolute atomic E-state index is 13.1. The third-order valence-corrected chi connectivity index (χ3v) is 5.11. The number of nitrogens with zero attached hydrogens (tertiary/aromatic N) is 2. The lowest BCUT2D eigenvalue weighted by atomic mass is 10.2. The highest BCUT2D eigenvalue weighted by Crippen LogP contribution is 2.25. The van der Waals surface area contributed by atoms with Gasteiger partial charge in [0.2, 0.25) is 0 Å². The van der Waals surface area contributed by atoms with E-state index in [0.29, 0.717) is 13.0 Å². The van der Waals surface area contributed by atoms with Gasteiger partial charge in [-0.15, -0.1) is 0 Å². The van der Waals surface area contributed by atoms with E-state index in [9.17, 15) is 9.59 Å². The van der Waals surface area contributed by atoms with Gasteiger partial charge in [-0.1, -0.05) is 30.3 Å². The fourth-order valence-electron chi connectivity index (χ4n) is 3.64. The highest BCUT2D eigenvalue weighted by atomic mass is 16.6. The molecule has 1 aromatic heterocycles. The van der Waals surface area contributed by atoms with Crippen molar-refractivity contribution in [3.05, 3.63) is 66.4 Å². The summed E-state index contributed by atoms with van der Waals surface area (Å²) in [4.78, 5) is 27.3. The van der Waals surface area contributed by atoms with E-state index in [1.165, 1.54) is 0 Å². The summed E-state index contributed by atoms with van der Waals surface area (Å²) in [5.74, 6) is 0.624. The third-order valence-electron chi connectivity index (χ3n) is 5.11. The standard InChI is InChI=1S/C22H22N2O4/c1-27-18-9-10-19-17(14-18)11-13-23(19)21(25)20-8-5-12-24(20)22(26)28-15-16-6-3-2-4-7-16/h2-4,6-7,9-11,13-14,20H,5,8,12,15H2,1H3/t20-/m0/s1. The van der Waals surface area contributed by atoms with Crippen LogP contribution in [0.4, 0.5) is 4.79 Å². The lowest BCUT2D eigenvalue weighted by Gasteiger charge is -2.23. The zero-order valence-electron chi connectivity index (χ0n) is 15.7. The Morgan fingerprint density at radius 2 is 1.93 bits per heavy atom. The van der Waals surface area contributed by atoms with Crippen LogP contribution in [0.2, 0.25) is 0 Å². The zero-order chi connectivity index (χ0) is 19.5. The average molecular weight is 378 g/mol. The normalized spacial score (nSPS) is 16.3. The van der Waals surface area contributed by atoms with Crippen molar-refractivity contribution in [1.29, 1.82) is 0 Å². The number of ether oxygens (including phenoxy) is 2. The molecule has 1 atom stereocenters. The molecular weight excluding hydrogens is 356 g/mol. The Bertz CT molecular complexity index is 996. The molecule has 0 aliphatic carbocycles. The van der Waals surface area contributed by atoms with Crippen LogP contribution < -0.4 is 4.74 Å². The zero-order valence-corrected chi connectivity index (χ0v) is 15.7. The molecule has 4 rings (SSSR count). The Morgan fingerprint density at radius 1 is 1.11 bits per heavy atom. The van der Waals surface area contributed by atoms with Crippen LogP contribution in [0.25, 0.3) is 10.9 Å².